The fourth-order valence-corrected chi connectivity index (χ4v) is 3.33. The van der Waals surface area contributed by atoms with Gasteiger partial charge in [-0.15, -0.1) is 0 Å². The van der Waals surface area contributed by atoms with E-state index in [1.807, 2.05) is 6.92 Å². The van der Waals surface area contributed by atoms with Crippen molar-refractivity contribution < 1.29 is 13.5 Å². The summed E-state index contributed by atoms with van der Waals surface area (Å²) in [7, 11) is 1.41. The summed E-state index contributed by atoms with van der Waals surface area (Å²) in [6, 6.07) is 2.27. The van der Waals surface area contributed by atoms with E-state index in [2.05, 4.69) is 12.2 Å². The van der Waals surface area contributed by atoms with Crippen molar-refractivity contribution in [3.8, 4) is 5.75 Å². The molecule has 0 aromatic heterocycles. The lowest BCUT2D eigenvalue weighted by Crippen LogP contribution is -2.31. The predicted molar refractivity (Wildman–Crippen MR) is 75.8 cm³/mol. The maximum atomic E-state index is 14.3. The van der Waals surface area contributed by atoms with Gasteiger partial charge in [0.2, 0.25) is 0 Å². The van der Waals surface area contributed by atoms with E-state index in [9.17, 15) is 8.78 Å². The highest BCUT2D eigenvalue weighted by atomic mass is 19.1. The number of nitrogens with one attached hydrogen (secondary N) is 1. The second-order valence-corrected chi connectivity index (χ2v) is 5.61. The van der Waals surface area contributed by atoms with Gasteiger partial charge >= 0.3 is 0 Å². The van der Waals surface area contributed by atoms with Crippen molar-refractivity contribution in [2.75, 3.05) is 13.7 Å². The van der Waals surface area contributed by atoms with E-state index in [1.54, 1.807) is 0 Å². The molecule has 0 saturated heterocycles. The molecule has 1 aromatic carbocycles. The fourth-order valence-electron chi connectivity index (χ4n) is 3.33. The van der Waals surface area contributed by atoms with Gasteiger partial charge in [0.15, 0.2) is 0 Å². The number of methoxy groups -OCH3 is 1. The minimum atomic E-state index is -0.521. The summed E-state index contributed by atoms with van der Waals surface area (Å²) < 4.78 is 33.5. The Labute approximate surface area is 119 Å². The Morgan fingerprint density at radius 3 is 2.40 bits per heavy atom. The minimum absolute atomic E-state index is 0.159. The summed E-state index contributed by atoms with van der Waals surface area (Å²) in [5.41, 5.74) is 0.159. The van der Waals surface area contributed by atoms with Crippen molar-refractivity contribution >= 4 is 0 Å². The van der Waals surface area contributed by atoms with E-state index in [-0.39, 0.29) is 23.3 Å². The molecule has 2 nitrogen and oxygen atoms in total. The Morgan fingerprint density at radius 2 is 1.95 bits per heavy atom. The summed E-state index contributed by atoms with van der Waals surface area (Å²) in [6.45, 7) is 4.83. The molecule has 0 aliphatic heterocycles. The zero-order chi connectivity index (χ0) is 14.7. The summed E-state index contributed by atoms with van der Waals surface area (Å²) >= 11 is 0. The Balaban J connectivity index is 2.38. The van der Waals surface area contributed by atoms with Gasteiger partial charge in [0.25, 0.3) is 0 Å². The fraction of sp³-hybridized carbons (Fsp3) is 0.625. The number of rotatable bonds is 5. The lowest BCUT2D eigenvalue weighted by atomic mass is 9.85. The van der Waals surface area contributed by atoms with Gasteiger partial charge in [0.1, 0.15) is 17.4 Å². The van der Waals surface area contributed by atoms with Crippen LogP contribution in [-0.4, -0.2) is 13.7 Å². The topological polar surface area (TPSA) is 21.3 Å². The first-order chi connectivity index (χ1) is 9.58. The van der Waals surface area contributed by atoms with Gasteiger partial charge < -0.3 is 10.1 Å². The second-order valence-electron chi connectivity index (χ2n) is 5.61. The molecular formula is C16H23F2NO. The number of halogens is 2. The zero-order valence-electron chi connectivity index (χ0n) is 12.4. The standard InChI is InChI=1S/C16H23F2NO/c1-4-19-16(12-7-5-6-10(12)2)15-13(17)8-11(20-3)9-14(15)18/h8-10,12,16,19H,4-7H2,1-3H3. The van der Waals surface area contributed by atoms with E-state index in [0.717, 1.165) is 19.3 Å². The molecule has 112 valence electrons. The van der Waals surface area contributed by atoms with Crippen molar-refractivity contribution in [3.05, 3.63) is 29.3 Å². The van der Waals surface area contributed by atoms with Crippen LogP contribution in [0.4, 0.5) is 8.78 Å². The molecule has 0 spiro atoms. The van der Waals surface area contributed by atoms with Gasteiger partial charge in [-0.1, -0.05) is 26.7 Å². The average molecular weight is 283 g/mol. The normalized spacial score (nSPS) is 23.9. The van der Waals surface area contributed by atoms with Gasteiger partial charge in [-0.3, -0.25) is 0 Å². The van der Waals surface area contributed by atoms with Crippen LogP contribution in [0.3, 0.4) is 0 Å². The van der Waals surface area contributed by atoms with Gasteiger partial charge in [0, 0.05) is 23.7 Å². The van der Waals surface area contributed by atoms with E-state index < -0.39 is 11.6 Å². The maximum Gasteiger partial charge on any atom is 0.134 e. The van der Waals surface area contributed by atoms with Crippen LogP contribution in [0.2, 0.25) is 0 Å². The lowest BCUT2D eigenvalue weighted by molar-refractivity contribution is 0.290. The highest BCUT2D eigenvalue weighted by Crippen LogP contribution is 2.41. The van der Waals surface area contributed by atoms with Crippen LogP contribution in [0.5, 0.6) is 5.75 Å². The summed E-state index contributed by atoms with van der Waals surface area (Å²) in [4.78, 5) is 0. The maximum absolute atomic E-state index is 14.3. The molecule has 3 unspecified atom stereocenters. The Kier molecular flexibility index (Phi) is 4.97. The van der Waals surface area contributed by atoms with Crippen LogP contribution < -0.4 is 10.1 Å². The molecule has 20 heavy (non-hydrogen) atoms. The van der Waals surface area contributed by atoms with Crippen molar-refractivity contribution in [1.29, 1.82) is 0 Å². The Hall–Kier alpha value is -1.16. The van der Waals surface area contributed by atoms with Crippen molar-refractivity contribution in [2.45, 2.75) is 39.2 Å². The summed E-state index contributed by atoms with van der Waals surface area (Å²) in [5.74, 6) is -0.0513. The van der Waals surface area contributed by atoms with Crippen LogP contribution in [0.1, 0.15) is 44.7 Å². The van der Waals surface area contributed by atoms with E-state index in [4.69, 9.17) is 4.74 Å². The van der Waals surface area contributed by atoms with Crippen LogP contribution in [0, 0.1) is 23.5 Å². The van der Waals surface area contributed by atoms with Crippen LogP contribution in [-0.2, 0) is 0 Å². The first-order valence-electron chi connectivity index (χ1n) is 7.34. The molecule has 1 aliphatic rings. The van der Waals surface area contributed by atoms with Gasteiger partial charge in [-0.05, 0) is 24.8 Å². The quantitative estimate of drug-likeness (QED) is 0.880. The SMILES string of the molecule is CCNC(c1c(F)cc(OC)cc1F)C1CCCC1C. The number of ether oxygens (including phenoxy) is 1. The van der Waals surface area contributed by atoms with E-state index in [1.165, 1.54) is 19.2 Å². The highest BCUT2D eigenvalue weighted by Gasteiger charge is 2.34. The first-order valence-corrected chi connectivity index (χ1v) is 7.34. The predicted octanol–water partition coefficient (Wildman–Crippen LogP) is 4.06. The molecule has 0 bridgehead atoms. The Morgan fingerprint density at radius 1 is 1.30 bits per heavy atom. The molecule has 1 fully saturated rings. The number of hydrogen-bond acceptors (Lipinski definition) is 2. The number of hydrogen-bond donors (Lipinski definition) is 1. The van der Waals surface area contributed by atoms with Crippen molar-refractivity contribution in [1.82, 2.24) is 5.32 Å². The molecule has 1 saturated carbocycles. The molecule has 0 radical (unpaired) electrons. The molecular weight excluding hydrogens is 260 g/mol. The second kappa shape index (κ2) is 6.53. The van der Waals surface area contributed by atoms with Crippen molar-refractivity contribution in [2.24, 2.45) is 11.8 Å². The molecule has 2 rings (SSSR count). The van der Waals surface area contributed by atoms with Crippen LogP contribution in [0.15, 0.2) is 12.1 Å². The Bertz CT molecular complexity index is 441. The molecule has 1 aromatic rings. The highest BCUT2D eigenvalue weighted by molar-refractivity contribution is 5.33. The largest absolute Gasteiger partial charge is 0.497 e. The van der Waals surface area contributed by atoms with E-state index >= 15 is 0 Å². The molecule has 4 heteroatoms. The molecule has 0 amide bonds. The summed E-state index contributed by atoms with van der Waals surface area (Å²) in [5, 5.41) is 3.27. The molecule has 1 N–H and O–H groups in total. The molecule has 1 aliphatic carbocycles. The van der Waals surface area contributed by atoms with Gasteiger partial charge in [-0.25, -0.2) is 8.78 Å². The third-order valence-electron chi connectivity index (χ3n) is 4.38. The van der Waals surface area contributed by atoms with Crippen molar-refractivity contribution in [3.63, 3.8) is 0 Å². The molecule has 3 atom stereocenters. The first kappa shape index (κ1) is 15.2. The lowest BCUT2D eigenvalue weighted by Gasteiger charge is -2.29. The van der Waals surface area contributed by atoms with Gasteiger partial charge in [-0.2, -0.15) is 0 Å². The smallest absolute Gasteiger partial charge is 0.134 e. The van der Waals surface area contributed by atoms with Crippen LogP contribution in [0.25, 0.3) is 0 Å². The van der Waals surface area contributed by atoms with Gasteiger partial charge in [0.05, 0.1) is 7.11 Å². The third-order valence-corrected chi connectivity index (χ3v) is 4.38. The number of benzene rings is 1. The van der Waals surface area contributed by atoms with E-state index in [0.29, 0.717) is 12.5 Å². The molecule has 0 heterocycles. The van der Waals surface area contributed by atoms with Crippen LogP contribution >= 0.6 is 0 Å². The minimum Gasteiger partial charge on any atom is -0.497 e. The average Bonchev–Trinajstić information content (AvgIpc) is 2.82. The zero-order valence-corrected chi connectivity index (χ0v) is 12.4. The third kappa shape index (κ3) is 2.95. The monoisotopic (exact) mass is 283 g/mol. The summed E-state index contributed by atoms with van der Waals surface area (Å²) in [6.07, 6.45) is 3.28.